The van der Waals surface area contributed by atoms with Crippen LogP contribution in [0.25, 0.3) is 11.0 Å². The molecule has 0 aliphatic heterocycles. The number of aromatic nitrogens is 2. The lowest BCUT2D eigenvalue weighted by molar-refractivity contribution is -0.192. The van der Waals surface area contributed by atoms with Crippen LogP contribution < -0.4 is 4.74 Å². The van der Waals surface area contributed by atoms with Gasteiger partial charge in [0.15, 0.2) is 6.10 Å². The van der Waals surface area contributed by atoms with E-state index in [1.165, 1.54) is 19.3 Å². The van der Waals surface area contributed by atoms with Crippen LogP contribution in [-0.4, -0.2) is 58.9 Å². The van der Waals surface area contributed by atoms with Crippen LogP contribution in [0.5, 0.6) is 5.75 Å². The highest BCUT2D eigenvalue weighted by Gasteiger charge is 2.31. The summed E-state index contributed by atoms with van der Waals surface area (Å²) < 4.78 is 49.6. The molecule has 3 aromatic rings. The zero-order chi connectivity index (χ0) is 27.8. The third-order valence-corrected chi connectivity index (χ3v) is 6.72. The average Bonchev–Trinajstić information content (AvgIpc) is 3.32. The fourth-order valence-electron chi connectivity index (χ4n) is 4.80. The Hall–Kier alpha value is -3.60. The Balaban J connectivity index is 1.36. The topological polar surface area (TPSA) is 95.2 Å². The van der Waals surface area contributed by atoms with E-state index in [0.717, 1.165) is 35.3 Å². The maximum Gasteiger partial charge on any atom is 0.411 e. The van der Waals surface area contributed by atoms with E-state index >= 15 is 0 Å². The summed E-state index contributed by atoms with van der Waals surface area (Å²) in [5.74, 6) is -0.561. The van der Waals surface area contributed by atoms with Crippen molar-refractivity contribution in [2.45, 2.75) is 57.3 Å². The van der Waals surface area contributed by atoms with Crippen molar-refractivity contribution in [3.8, 4) is 5.75 Å². The van der Waals surface area contributed by atoms with Gasteiger partial charge < -0.3 is 24.0 Å². The summed E-state index contributed by atoms with van der Waals surface area (Å²) >= 11 is 0. The Kier molecular flexibility index (Phi) is 9.45. The van der Waals surface area contributed by atoms with Gasteiger partial charge in [-0.1, -0.05) is 36.6 Å². The van der Waals surface area contributed by atoms with Crippen molar-refractivity contribution in [2.24, 2.45) is 11.1 Å². The summed E-state index contributed by atoms with van der Waals surface area (Å²) in [6.07, 6.45) is 1.33. The smallest absolute Gasteiger partial charge is 0.411 e. The minimum absolute atomic E-state index is 0.190. The van der Waals surface area contributed by atoms with Crippen LogP contribution in [0.3, 0.4) is 0 Å². The number of carbonyl (C=O) groups is 1. The van der Waals surface area contributed by atoms with Crippen molar-refractivity contribution in [3.63, 3.8) is 0 Å². The quantitative estimate of drug-likeness (QED) is 0.234. The van der Waals surface area contributed by atoms with Crippen molar-refractivity contribution in [3.05, 3.63) is 59.9 Å². The number of fused-ring (bicyclic) bond motifs is 1. The monoisotopic (exact) mass is 547 g/mol. The summed E-state index contributed by atoms with van der Waals surface area (Å²) in [5.41, 5.74) is 3.05. The Morgan fingerprint density at radius 2 is 1.87 bits per heavy atom. The van der Waals surface area contributed by atoms with Gasteiger partial charge in [-0.05, 0) is 48.7 Å². The van der Waals surface area contributed by atoms with E-state index in [2.05, 4.69) is 9.89 Å². The molecule has 2 heterocycles. The van der Waals surface area contributed by atoms with E-state index in [9.17, 15) is 23.1 Å². The van der Waals surface area contributed by atoms with Gasteiger partial charge in [-0.3, -0.25) is 0 Å². The van der Waals surface area contributed by atoms with Crippen molar-refractivity contribution in [1.29, 1.82) is 0 Å². The van der Waals surface area contributed by atoms with Gasteiger partial charge in [0.25, 0.3) is 0 Å². The normalized spacial score (nSPS) is 15.8. The maximum absolute atomic E-state index is 12.4. The molecule has 0 radical (unpaired) electrons. The molecule has 1 fully saturated rings. The first-order chi connectivity index (χ1) is 18.7. The molecule has 0 bridgehead atoms. The number of carboxylic acid groups (broad SMARTS) is 1. The Morgan fingerprint density at radius 3 is 2.54 bits per heavy atom. The van der Waals surface area contributed by atoms with Crippen molar-refractivity contribution in [1.82, 2.24) is 9.55 Å². The third-order valence-electron chi connectivity index (χ3n) is 6.72. The molecule has 39 heavy (non-hydrogen) atoms. The molecule has 1 atom stereocenters. The summed E-state index contributed by atoms with van der Waals surface area (Å²) in [6.45, 7) is -0.728. The van der Waals surface area contributed by atoms with Gasteiger partial charge in [0.1, 0.15) is 37.4 Å². The molecular formula is C28H32F3N3O5. The van der Waals surface area contributed by atoms with E-state index in [1.807, 2.05) is 29.0 Å². The summed E-state index contributed by atoms with van der Waals surface area (Å²) in [7, 11) is 1.56. The molecule has 8 nitrogen and oxygen atoms in total. The van der Waals surface area contributed by atoms with Crippen LogP contribution in [0.4, 0.5) is 13.2 Å². The van der Waals surface area contributed by atoms with Gasteiger partial charge in [-0.15, -0.1) is 0 Å². The molecule has 1 aromatic carbocycles. The van der Waals surface area contributed by atoms with E-state index in [4.69, 9.17) is 14.6 Å². The molecule has 2 aromatic heterocycles. The third kappa shape index (κ3) is 7.95. The number of rotatable bonds is 12. The second-order valence-electron chi connectivity index (χ2n) is 9.56. The largest absolute Gasteiger partial charge is 0.492 e. The number of benzene rings is 1. The molecule has 1 N–H and O–H groups in total. The van der Waals surface area contributed by atoms with Crippen LogP contribution in [0.2, 0.25) is 0 Å². The van der Waals surface area contributed by atoms with Crippen molar-refractivity contribution >= 4 is 22.7 Å². The van der Waals surface area contributed by atoms with Crippen LogP contribution in [0.1, 0.15) is 43.4 Å². The SMILES string of the molecule is CO/N=C(/c1ccc2ccn(CCOc3ccc(CC(OCC(F)(F)F)C(=O)O)cc3)c2n1)C1CCCCC1. The van der Waals surface area contributed by atoms with Gasteiger partial charge in [-0.25, -0.2) is 9.78 Å². The molecule has 1 unspecified atom stereocenters. The number of ether oxygens (including phenoxy) is 2. The lowest BCUT2D eigenvalue weighted by atomic mass is 9.84. The molecule has 0 amide bonds. The Labute approximate surface area is 224 Å². The number of hydrogen-bond donors (Lipinski definition) is 1. The maximum atomic E-state index is 12.4. The fourth-order valence-corrected chi connectivity index (χ4v) is 4.80. The number of nitrogens with zero attached hydrogens (tertiary/aromatic N) is 3. The van der Waals surface area contributed by atoms with E-state index < -0.39 is 24.9 Å². The number of pyridine rings is 1. The fraction of sp³-hybridized carbons (Fsp3) is 0.464. The number of hydrogen-bond acceptors (Lipinski definition) is 6. The predicted octanol–water partition coefficient (Wildman–Crippen LogP) is 5.62. The number of carboxylic acids is 1. The minimum atomic E-state index is -4.59. The first-order valence-corrected chi connectivity index (χ1v) is 12.9. The summed E-state index contributed by atoms with van der Waals surface area (Å²) in [4.78, 5) is 21.3. The van der Waals surface area contributed by atoms with E-state index in [1.54, 1.807) is 31.4 Å². The standard InChI is InChI=1S/C28H32F3N3O5/c1-37-33-25(20-5-3-2-4-6-20)23-12-9-21-13-14-34(26(21)32-23)15-16-38-22-10-7-19(8-11-22)17-24(27(35)36)39-18-28(29,30)31/h7-14,20,24H,2-6,15-18H2,1H3,(H,35,36)/b33-25+. The van der Waals surface area contributed by atoms with E-state index in [-0.39, 0.29) is 6.42 Å². The molecule has 1 aliphatic carbocycles. The van der Waals surface area contributed by atoms with Crippen molar-refractivity contribution in [2.75, 3.05) is 20.3 Å². The number of alkyl halides is 3. The lowest BCUT2D eigenvalue weighted by Crippen LogP contribution is -2.31. The first-order valence-electron chi connectivity index (χ1n) is 12.9. The highest BCUT2D eigenvalue weighted by molar-refractivity contribution is 6.01. The number of aliphatic carboxylic acids is 1. The van der Waals surface area contributed by atoms with Crippen LogP contribution in [-0.2, 0) is 27.3 Å². The zero-order valence-corrected chi connectivity index (χ0v) is 21.7. The van der Waals surface area contributed by atoms with Crippen LogP contribution in [0.15, 0.2) is 53.8 Å². The molecule has 4 rings (SSSR count). The summed E-state index contributed by atoms with van der Waals surface area (Å²) in [6, 6.07) is 12.5. The van der Waals surface area contributed by atoms with Gasteiger partial charge in [-0.2, -0.15) is 13.2 Å². The highest BCUT2D eigenvalue weighted by atomic mass is 19.4. The Bertz CT molecular complexity index is 1270. The zero-order valence-electron chi connectivity index (χ0n) is 21.7. The molecule has 11 heteroatoms. The Morgan fingerprint density at radius 1 is 1.13 bits per heavy atom. The lowest BCUT2D eigenvalue weighted by Gasteiger charge is -2.22. The highest BCUT2D eigenvalue weighted by Crippen LogP contribution is 2.28. The average molecular weight is 548 g/mol. The number of oxime groups is 1. The molecule has 0 saturated heterocycles. The van der Waals surface area contributed by atoms with Gasteiger partial charge >= 0.3 is 12.1 Å². The van der Waals surface area contributed by atoms with Gasteiger partial charge in [0.05, 0.1) is 12.2 Å². The molecule has 1 saturated carbocycles. The van der Waals surface area contributed by atoms with E-state index in [0.29, 0.717) is 30.4 Å². The summed E-state index contributed by atoms with van der Waals surface area (Å²) in [5, 5.41) is 14.5. The second kappa shape index (κ2) is 13.0. The van der Waals surface area contributed by atoms with Gasteiger partial charge in [0.2, 0.25) is 0 Å². The number of halogens is 3. The molecular weight excluding hydrogens is 515 g/mol. The predicted molar refractivity (Wildman–Crippen MR) is 139 cm³/mol. The second-order valence-corrected chi connectivity index (χ2v) is 9.56. The molecule has 0 spiro atoms. The van der Waals surface area contributed by atoms with Crippen molar-refractivity contribution < 1.29 is 37.4 Å². The van der Waals surface area contributed by atoms with Crippen LogP contribution in [0, 0.1) is 5.92 Å². The molecule has 210 valence electrons. The minimum Gasteiger partial charge on any atom is -0.492 e. The van der Waals surface area contributed by atoms with Crippen LogP contribution >= 0.6 is 0 Å². The molecule has 1 aliphatic rings. The van der Waals surface area contributed by atoms with Gasteiger partial charge in [0, 0.05) is 23.9 Å². The first kappa shape index (κ1) is 28.4.